The fourth-order valence-electron chi connectivity index (χ4n) is 4.67. The number of Topliss-reactive ketones (excluding diaryl/α,β-unsaturated/α-hetero) is 1. The van der Waals surface area contributed by atoms with Crippen LogP contribution in [0.3, 0.4) is 0 Å². The molecule has 11 nitrogen and oxygen atoms in total. The number of rotatable bonds is 14. The summed E-state index contributed by atoms with van der Waals surface area (Å²) in [7, 11) is 0. The summed E-state index contributed by atoms with van der Waals surface area (Å²) in [4.78, 5) is 54.2. The summed E-state index contributed by atoms with van der Waals surface area (Å²) < 4.78 is 52.1. The molecular formula is C32H41F3N4O7. The lowest BCUT2D eigenvalue weighted by Crippen LogP contribution is -2.57. The van der Waals surface area contributed by atoms with Crippen molar-refractivity contribution >= 4 is 23.5 Å². The van der Waals surface area contributed by atoms with E-state index in [2.05, 4.69) is 20.7 Å². The van der Waals surface area contributed by atoms with Crippen molar-refractivity contribution in [3.05, 3.63) is 65.7 Å². The van der Waals surface area contributed by atoms with E-state index in [4.69, 9.17) is 9.47 Å². The Hall–Kier alpha value is -4.01. The van der Waals surface area contributed by atoms with Gasteiger partial charge >= 0.3 is 6.36 Å². The molecular weight excluding hydrogens is 609 g/mol. The van der Waals surface area contributed by atoms with Crippen LogP contribution >= 0.6 is 0 Å². The number of epoxide rings is 1. The first-order valence-electron chi connectivity index (χ1n) is 15.2. The Balaban J connectivity index is 0.00000282. The molecule has 2 heterocycles. The number of halogens is 3. The van der Waals surface area contributed by atoms with Crippen LogP contribution in [0.5, 0.6) is 5.75 Å². The number of nitrogens with one attached hydrogen (secondary N) is 3. The van der Waals surface area contributed by atoms with Crippen molar-refractivity contribution in [3.63, 3.8) is 0 Å². The molecule has 2 fully saturated rings. The number of alkyl halides is 3. The minimum atomic E-state index is -4.87. The molecule has 0 aromatic heterocycles. The van der Waals surface area contributed by atoms with Crippen molar-refractivity contribution < 1.29 is 46.6 Å². The first-order valence-corrected chi connectivity index (χ1v) is 15.2. The van der Waals surface area contributed by atoms with Crippen LogP contribution in [0.4, 0.5) is 13.2 Å². The lowest BCUT2D eigenvalue weighted by atomic mass is 9.99. The van der Waals surface area contributed by atoms with Crippen molar-refractivity contribution in [1.82, 2.24) is 20.9 Å². The molecule has 4 rings (SSSR count). The van der Waals surface area contributed by atoms with E-state index >= 15 is 0 Å². The van der Waals surface area contributed by atoms with Gasteiger partial charge in [-0.15, -0.1) is 13.2 Å². The highest BCUT2D eigenvalue weighted by atomic mass is 19.4. The maximum Gasteiger partial charge on any atom is 0.573 e. The van der Waals surface area contributed by atoms with Crippen LogP contribution < -0.4 is 20.7 Å². The molecule has 2 aliphatic rings. The van der Waals surface area contributed by atoms with Gasteiger partial charge in [-0.1, -0.05) is 56.3 Å². The highest BCUT2D eigenvalue weighted by Crippen LogP contribution is 2.23. The average molecular weight is 651 g/mol. The van der Waals surface area contributed by atoms with Crippen LogP contribution in [-0.2, 0) is 41.5 Å². The van der Waals surface area contributed by atoms with Crippen molar-refractivity contribution in [1.29, 1.82) is 0 Å². The lowest BCUT2D eigenvalue weighted by Gasteiger charge is -2.27. The Morgan fingerprint density at radius 2 is 1.43 bits per heavy atom. The van der Waals surface area contributed by atoms with Crippen LogP contribution in [0.15, 0.2) is 54.6 Å². The number of ether oxygens (including phenoxy) is 3. The molecule has 2 aromatic carbocycles. The second-order valence-electron chi connectivity index (χ2n) is 10.6. The van der Waals surface area contributed by atoms with Gasteiger partial charge in [-0.3, -0.25) is 24.1 Å². The van der Waals surface area contributed by atoms with E-state index in [0.717, 1.165) is 17.7 Å². The van der Waals surface area contributed by atoms with Gasteiger partial charge in [0.2, 0.25) is 17.7 Å². The largest absolute Gasteiger partial charge is 0.573 e. The third-order valence-corrected chi connectivity index (χ3v) is 7.06. The molecule has 2 aromatic rings. The molecule has 2 aliphatic heterocycles. The highest BCUT2D eigenvalue weighted by molar-refractivity contribution is 5.96. The molecule has 3 amide bonds. The lowest BCUT2D eigenvalue weighted by molar-refractivity contribution is -0.274. The number of ketones is 1. The van der Waals surface area contributed by atoms with Gasteiger partial charge in [0.1, 0.15) is 23.9 Å². The third-order valence-electron chi connectivity index (χ3n) is 7.06. The summed E-state index contributed by atoms with van der Waals surface area (Å²) in [6, 6.07) is 10.7. The second kappa shape index (κ2) is 17.6. The second-order valence-corrected chi connectivity index (χ2v) is 10.6. The van der Waals surface area contributed by atoms with Crippen LogP contribution in [0.1, 0.15) is 31.9 Å². The van der Waals surface area contributed by atoms with Crippen molar-refractivity contribution in [3.8, 4) is 5.75 Å². The number of benzene rings is 2. The molecule has 0 aliphatic carbocycles. The average Bonchev–Trinajstić information content (AvgIpc) is 3.88. The Morgan fingerprint density at radius 3 is 2.02 bits per heavy atom. The summed E-state index contributed by atoms with van der Waals surface area (Å²) in [5.74, 6) is -2.48. The molecule has 14 heteroatoms. The fourth-order valence-corrected chi connectivity index (χ4v) is 4.67. The van der Waals surface area contributed by atoms with Crippen molar-refractivity contribution in [2.75, 3.05) is 39.5 Å². The standard InChI is InChI=1S/C30H35F3N4O7.C2H6/c1-19(34-26(38)17-37-11-13-42-14-12-37)28(40)36-24(16-21-7-9-22(10-8-21)44-30(31,32)33)29(41)35-23(27(39)25-18-43-25)15-20-5-3-2-4-6-20;1-2/h2-10,19,23-25H,11-18H2,1H3,(H,34,38)(H,35,41)(H,36,40);1-2H3/t19?,23?,24-,25?;/m0./s1. The fraction of sp³-hybridized carbons (Fsp3) is 0.500. The summed E-state index contributed by atoms with van der Waals surface area (Å²) in [5, 5.41) is 7.97. The molecule has 0 bridgehead atoms. The Morgan fingerprint density at radius 1 is 0.870 bits per heavy atom. The quantitative estimate of drug-likeness (QED) is 0.265. The van der Waals surface area contributed by atoms with Crippen molar-refractivity contribution in [2.24, 2.45) is 0 Å². The maximum atomic E-state index is 13.6. The number of carbonyl (C=O) groups is 4. The SMILES string of the molecule is CC.CC(NC(=O)CN1CCOCC1)C(=O)N[C@@H](Cc1ccc(OC(F)(F)F)cc1)C(=O)NC(Cc1ccccc1)C(=O)C1CO1. The molecule has 3 N–H and O–H groups in total. The number of amides is 3. The summed E-state index contributed by atoms with van der Waals surface area (Å²) in [6.07, 6.45) is -5.44. The van der Waals surface area contributed by atoms with E-state index < -0.39 is 48.2 Å². The Kier molecular flexibility index (Phi) is 14.0. The third kappa shape index (κ3) is 12.4. The topological polar surface area (TPSA) is 139 Å². The Bertz CT molecular complexity index is 1280. The van der Waals surface area contributed by atoms with Gasteiger partial charge in [-0.25, -0.2) is 0 Å². The van der Waals surface area contributed by atoms with Gasteiger partial charge in [0.05, 0.1) is 32.4 Å². The molecule has 252 valence electrons. The van der Waals surface area contributed by atoms with Gasteiger partial charge < -0.3 is 30.2 Å². The van der Waals surface area contributed by atoms with Crippen LogP contribution in [0, 0.1) is 0 Å². The first kappa shape index (κ1) is 36.5. The molecule has 2 saturated heterocycles. The van der Waals surface area contributed by atoms with Crippen LogP contribution in [0.2, 0.25) is 0 Å². The van der Waals surface area contributed by atoms with E-state index in [-0.39, 0.29) is 37.7 Å². The van der Waals surface area contributed by atoms with E-state index in [1.54, 1.807) is 12.1 Å². The van der Waals surface area contributed by atoms with E-state index in [9.17, 15) is 32.3 Å². The molecule has 46 heavy (non-hydrogen) atoms. The number of morpholine rings is 1. The number of hydrogen-bond donors (Lipinski definition) is 3. The monoisotopic (exact) mass is 650 g/mol. The predicted octanol–water partition coefficient (Wildman–Crippen LogP) is 2.17. The van der Waals surface area contributed by atoms with Gasteiger partial charge in [-0.2, -0.15) is 0 Å². The maximum absolute atomic E-state index is 13.6. The minimum absolute atomic E-state index is 0.0732. The molecule has 0 saturated carbocycles. The van der Waals surface area contributed by atoms with Crippen LogP contribution in [0.25, 0.3) is 0 Å². The minimum Gasteiger partial charge on any atom is -0.406 e. The zero-order chi connectivity index (χ0) is 33.7. The number of carbonyl (C=O) groups excluding carboxylic acids is 4. The summed E-state index contributed by atoms with van der Waals surface area (Å²) >= 11 is 0. The van der Waals surface area contributed by atoms with Gasteiger partial charge in [0, 0.05) is 19.5 Å². The zero-order valence-corrected chi connectivity index (χ0v) is 26.1. The molecule has 0 radical (unpaired) electrons. The molecule has 3 unspecified atom stereocenters. The highest BCUT2D eigenvalue weighted by Gasteiger charge is 2.38. The smallest absolute Gasteiger partial charge is 0.406 e. The summed E-state index contributed by atoms with van der Waals surface area (Å²) in [6.45, 7) is 7.96. The Labute approximate surface area is 266 Å². The zero-order valence-electron chi connectivity index (χ0n) is 26.1. The molecule has 4 atom stereocenters. The number of hydrogen-bond acceptors (Lipinski definition) is 8. The van der Waals surface area contributed by atoms with Crippen LogP contribution in [-0.4, -0.2) is 98.5 Å². The van der Waals surface area contributed by atoms with Gasteiger partial charge in [0.25, 0.3) is 0 Å². The summed E-state index contributed by atoms with van der Waals surface area (Å²) in [5.41, 5.74) is 1.21. The van der Waals surface area contributed by atoms with E-state index in [1.165, 1.54) is 19.1 Å². The van der Waals surface area contributed by atoms with Gasteiger partial charge in [0.15, 0.2) is 5.78 Å². The van der Waals surface area contributed by atoms with Gasteiger partial charge in [-0.05, 0) is 36.6 Å². The van der Waals surface area contributed by atoms with E-state index in [0.29, 0.717) is 31.9 Å². The molecule has 0 spiro atoms. The predicted molar refractivity (Wildman–Crippen MR) is 162 cm³/mol. The normalized spacial score (nSPS) is 18.1. The van der Waals surface area contributed by atoms with E-state index in [1.807, 2.05) is 36.9 Å². The van der Waals surface area contributed by atoms with Crippen molar-refractivity contribution in [2.45, 2.75) is 64.2 Å². The first-order chi connectivity index (χ1) is 22.0. The number of nitrogens with zero attached hydrogens (tertiary/aromatic N) is 1.